The van der Waals surface area contributed by atoms with Gasteiger partial charge in [0.15, 0.2) is 0 Å². The molecule has 2 aromatic rings. The molecule has 4 nitrogen and oxygen atoms in total. The Bertz CT molecular complexity index is 596. The maximum atomic E-state index is 5.67. The molecule has 0 amide bonds. The first kappa shape index (κ1) is 18.1. The third kappa shape index (κ3) is 6.50. The number of hydrogen-bond donors (Lipinski definition) is 1. The van der Waals surface area contributed by atoms with Crippen LogP contribution in [-0.2, 0) is 11.3 Å². The predicted octanol–water partition coefficient (Wildman–Crippen LogP) is 4.50. The van der Waals surface area contributed by atoms with Crippen LogP contribution in [0.4, 0.5) is 5.69 Å². The number of anilines is 1. The summed E-state index contributed by atoms with van der Waals surface area (Å²) in [4.78, 5) is 0. The zero-order valence-corrected chi connectivity index (χ0v) is 14.7. The van der Waals surface area contributed by atoms with Gasteiger partial charge in [-0.2, -0.15) is 0 Å². The van der Waals surface area contributed by atoms with Gasteiger partial charge < -0.3 is 19.5 Å². The Morgan fingerprint density at radius 3 is 2.46 bits per heavy atom. The standard InChI is InChI=1S/C20H27NO3/c1-4-22-12-13-23-20-7-5-6-18(14-20)21-15-17-8-10-19(11-9-17)24-16(2)3/h5-11,14,16,21H,4,12-13,15H2,1-3H3. The second-order valence-corrected chi connectivity index (χ2v) is 5.74. The van der Waals surface area contributed by atoms with Gasteiger partial charge in [0.25, 0.3) is 0 Å². The summed E-state index contributed by atoms with van der Waals surface area (Å²) in [6, 6.07) is 16.1. The van der Waals surface area contributed by atoms with Crippen LogP contribution in [-0.4, -0.2) is 25.9 Å². The topological polar surface area (TPSA) is 39.7 Å². The highest BCUT2D eigenvalue weighted by molar-refractivity contribution is 5.48. The molecule has 0 saturated heterocycles. The molecule has 2 aromatic carbocycles. The molecule has 0 radical (unpaired) electrons. The zero-order chi connectivity index (χ0) is 17.2. The number of benzene rings is 2. The summed E-state index contributed by atoms with van der Waals surface area (Å²) >= 11 is 0. The highest BCUT2D eigenvalue weighted by atomic mass is 16.5. The van der Waals surface area contributed by atoms with Gasteiger partial charge in [0.2, 0.25) is 0 Å². The van der Waals surface area contributed by atoms with Crippen LogP contribution >= 0.6 is 0 Å². The SMILES string of the molecule is CCOCCOc1cccc(NCc2ccc(OC(C)C)cc2)c1. The minimum atomic E-state index is 0.194. The maximum absolute atomic E-state index is 5.67. The van der Waals surface area contributed by atoms with Gasteiger partial charge in [0.1, 0.15) is 18.1 Å². The lowest BCUT2D eigenvalue weighted by Crippen LogP contribution is -2.07. The first-order valence-electron chi connectivity index (χ1n) is 8.47. The molecule has 0 atom stereocenters. The fraction of sp³-hybridized carbons (Fsp3) is 0.400. The van der Waals surface area contributed by atoms with Gasteiger partial charge in [-0.1, -0.05) is 18.2 Å². The third-order valence-electron chi connectivity index (χ3n) is 3.33. The van der Waals surface area contributed by atoms with E-state index < -0.39 is 0 Å². The van der Waals surface area contributed by atoms with Crippen molar-refractivity contribution in [3.05, 3.63) is 54.1 Å². The molecular weight excluding hydrogens is 302 g/mol. The lowest BCUT2D eigenvalue weighted by molar-refractivity contribution is 0.110. The second-order valence-electron chi connectivity index (χ2n) is 5.74. The maximum Gasteiger partial charge on any atom is 0.121 e. The van der Waals surface area contributed by atoms with Crippen LogP contribution in [0.25, 0.3) is 0 Å². The van der Waals surface area contributed by atoms with Gasteiger partial charge in [-0.05, 0) is 50.6 Å². The van der Waals surface area contributed by atoms with Crippen molar-refractivity contribution in [1.29, 1.82) is 0 Å². The summed E-state index contributed by atoms with van der Waals surface area (Å²) in [5.74, 6) is 1.75. The number of hydrogen-bond acceptors (Lipinski definition) is 4. The second kappa shape index (κ2) is 9.83. The molecule has 4 heteroatoms. The van der Waals surface area contributed by atoms with Crippen LogP contribution in [0.2, 0.25) is 0 Å². The minimum absolute atomic E-state index is 0.194. The summed E-state index contributed by atoms with van der Waals surface area (Å²) in [6.07, 6.45) is 0.194. The molecule has 1 N–H and O–H groups in total. The van der Waals surface area contributed by atoms with E-state index in [1.807, 2.05) is 57.2 Å². The van der Waals surface area contributed by atoms with Crippen LogP contribution in [0.15, 0.2) is 48.5 Å². The molecule has 0 bridgehead atoms. The number of nitrogens with one attached hydrogen (secondary N) is 1. The fourth-order valence-corrected chi connectivity index (χ4v) is 2.22. The summed E-state index contributed by atoms with van der Waals surface area (Å²) in [5.41, 5.74) is 2.24. The molecule has 130 valence electrons. The van der Waals surface area contributed by atoms with Gasteiger partial charge in [-0.15, -0.1) is 0 Å². The van der Waals surface area contributed by atoms with Crippen molar-refractivity contribution in [3.63, 3.8) is 0 Å². The van der Waals surface area contributed by atoms with Gasteiger partial charge in [0, 0.05) is 24.9 Å². The highest BCUT2D eigenvalue weighted by Crippen LogP contribution is 2.19. The highest BCUT2D eigenvalue weighted by Gasteiger charge is 2.00. The lowest BCUT2D eigenvalue weighted by Gasteiger charge is -2.12. The van der Waals surface area contributed by atoms with E-state index in [1.165, 1.54) is 5.56 Å². The first-order valence-corrected chi connectivity index (χ1v) is 8.47. The third-order valence-corrected chi connectivity index (χ3v) is 3.33. The van der Waals surface area contributed by atoms with Gasteiger partial charge >= 0.3 is 0 Å². The van der Waals surface area contributed by atoms with E-state index in [0.29, 0.717) is 19.8 Å². The molecule has 0 aliphatic carbocycles. The van der Waals surface area contributed by atoms with E-state index in [1.54, 1.807) is 0 Å². The van der Waals surface area contributed by atoms with Crippen LogP contribution in [0.5, 0.6) is 11.5 Å². The van der Waals surface area contributed by atoms with Crippen molar-refractivity contribution in [3.8, 4) is 11.5 Å². The normalized spacial score (nSPS) is 10.7. The monoisotopic (exact) mass is 329 g/mol. The Kier molecular flexibility index (Phi) is 7.43. The summed E-state index contributed by atoms with van der Waals surface area (Å²) < 4.78 is 16.6. The van der Waals surface area contributed by atoms with Gasteiger partial charge in [0.05, 0.1) is 12.7 Å². The van der Waals surface area contributed by atoms with Crippen molar-refractivity contribution in [2.45, 2.75) is 33.4 Å². The van der Waals surface area contributed by atoms with Crippen LogP contribution in [0.1, 0.15) is 26.3 Å². The quantitative estimate of drug-likeness (QED) is 0.651. The van der Waals surface area contributed by atoms with E-state index in [9.17, 15) is 0 Å². The largest absolute Gasteiger partial charge is 0.491 e. The van der Waals surface area contributed by atoms with E-state index >= 15 is 0 Å². The van der Waals surface area contributed by atoms with Gasteiger partial charge in [-0.25, -0.2) is 0 Å². The molecule has 2 rings (SSSR count). The van der Waals surface area contributed by atoms with Crippen molar-refractivity contribution >= 4 is 5.69 Å². The summed E-state index contributed by atoms with van der Waals surface area (Å²) in [6.45, 7) is 8.67. The molecule has 0 saturated carbocycles. The Balaban J connectivity index is 1.83. The van der Waals surface area contributed by atoms with E-state index in [-0.39, 0.29) is 6.10 Å². The molecule has 0 aromatic heterocycles. The van der Waals surface area contributed by atoms with Crippen molar-refractivity contribution < 1.29 is 14.2 Å². The zero-order valence-electron chi connectivity index (χ0n) is 14.7. The summed E-state index contributed by atoms with van der Waals surface area (Å²) in [7, 11) is 0. The molecule has 24 heavy (non-hydrogen) atoms. The first-order chi connectivity index (χ1) is 11.7. The number of rotatable bonds is 10. The predicted molar refractivity (Wildman–Crippen MR) is 98.0 cm³/mol. The summed E-state index contributed by atoms with van der Waals surface area (Å²) in [5, 5.41) is 3.41. The van der Waals surface area contributed by atoms with Crippen molar-refractivity contribution in [2.75, 3.05) is 25.1 Å². The van der Waals surface area contributed by atoms with Crippen molar-refractivity contribution in [2.24, 2.45) is 0 Å². The Hall–Kier alpha value is -2.20. The van der Waals surface area contributed by atoms with Gasteiger partial charge in [-0.3, -0.25) is 0 Å². The smallest absolute Gasteiger partial charge is 0.121 e. The average molecular weight is 329 g/mol. The molecule has 0 fully saturated rings. The van der Waals surface area contributed by atoms with E-state index in [2.05, 4.69) is 17.4 Å². The fourth-order valence-electron chi connectivity index (χ4n) is 2.22. The Labute approximate surface area is 144 Å². The Morgan fingerprint density at radius 2 is 1.75 bits per heavy atom. The lowest BCUT2D eigenvalue weighted by atomic mass is 10.2. The van der Waals surface area contributed by atoms with E-state index in [0.717, 1.165) is 23.7 Å². The molecule has 0 aliphatic rings. The molecule has 0 heterocycles. The Morgan fingerprint density at radius 1 is 0.958 bits per heavy atom. The van der Waals surface area contributed by atoms with Crippen LogP contribution < -0.4 is 14.8 Å². The molecule has 0 aliphatic heterocycles. The molecular formula is C20H27NO3. The molecule has 0 spiro atoms. The average Bonchev–Trinajstić information content (AvgIpc) is 2.58. The van der Waals surface area contributed by atoms with Crippen LogP contribution in [0.3, 0.4) is 0 Å². The molecule has 0 unspecified atom stereocenters. The number of ether oxygens (including phenoxy) is 3. The van der Waals surface area contributed by atoms with Crippen molar-refractivity contribution in [1.82, 2.24) is 0 Å². The van der Waals surface area contributed by atoms with Crippen LogP contribution in [0, 0.1) is 0 Å². The minimum Gasteiger partial charge on any atom is -0.491 e. The van der Waals surface area contributed by atoms with E-state index in [4.69, 9.17) is 14.2 Å².